The number of thiophene rings is 1. The van der Waals surface area contributed by atoms with Crippen molar-refractivity contribution in [2.45, 2.75) is 19.9 Å². The molecule has 5 heteroatoms. The fraction of sp³-hybridized carbons (Fsp3) is 0.136. The summed E-state index contributed by atoms with van der Waals surface area (Å²) in [5.41, 5.74) is 3.52. The Morgan fingerprint density at radius 1 is 1.07 bits per heavy atom. The minimum absolute atomic E-state index is 0.0180. The van der Waals surface area contributed by atoms with Crippen LogP contribution < -0.4 is 5.56 Å². The Kier molecular flexibility index (Phi) is 4.69. The molecule has 0 fully saturated rings. The van der Waals surface area contributed by atoms with Gasteiger partial charge in [0, 0.05) is 16.5 Å². The van der Waals surface area contributed by atoms with E-state index >= 15 is 0 Å². The summed E-state index contributed by atoms with van der Waals surface area (Å²) in [4.78, 5) is 30.6. The molecule has 0 atom stereocenters. The van der Waals surface area contributed by atoms with Crippen molar-refractivity contribution in [1.82, 2.24) is 9.55 Å². The average Bonchev–Trinajstić information content (AvgIpc) is 3.15. The first-order valence-electron chi connectivity index (χ1n) is 8.81. The van der Waals surface area contributed by atoms with E-state index in [1.807, 2.05) is 35.7 Å². The highest BCUT2D eigenvalue weighted by atomic mass is 32.1. The highest BCUT2D eigenvalue weighted by Crippen LogP contribution is 2.30. The molecule has 4 aromatic rings. The van der Waals surface area contributed by atoms with Crippen molar-refractivity contribution in [3.05, 3.63) is 87.8 Å². The van der Waals surface area contributed by atoms with Crippen molar-refractivity contribution >= 4 is 27.3 Å². The van der Waals surface area contributed by atoms with Crippen LogP contribution in [0.4, 0.5) is 0 Å². The highest BCUT2D eigenvalue weighted by molar-refractivity contribution is 7.17. The summed E-state index contributed by atoms with van der Waals surface area (Å²) in [5.74, 6) is -0.108. The third-order valence-corrected chi connectivity index (χ3v) is 5.53. The zero-order valence-corrected chi connectivity index (χ0v) is 15.7. The summed E-state index contributed by atoms with van der Waals surface area (Å²) in [7, 11) is 0. The molecule has 0 aliphatic carbocycles. The van der Waals surface area contributed by atoms with Crippen LogP contribution in [0.25, 0.3) is 21.3 Å². The average molecular weight is 374 g/mol. The van der Waals surface area contributed by atoms with E-state index in [-0.39, 0.29) is 17.9 Å². The number of aryl methyl sites for hydroxylation is 1. The van der Waals surface area contributed by atoms with Gasteiger partial charge in [0.1, 0.15) is 4.83 Å². The standard InChI is InChI=1S/C22H18N2O2S/c1-2-15-8-10-16(11-9-15)18-13-27-21-20(18)22(26)24(14-23-21)12-19(25)17-6-4-3-5-7-17/h3-11,13-14H,2,12H2,1H3. The Morgan fingerprint density at radius 2 is 1.81 bits per heavy atom. The number of rotatable bonds is 5. The van der Waals surface area contributed by atoms with Crippen molar-refractivity contribution in [3.8, 4) is 11.1 Å². The van der Waals surface area contributed by atoms with Gasteiger partial charge in [0.25, 0.3) is 5.56 Å². The maximum absolute atomic E-state index is 13.1. The summed E-state index contributed by atoms with van der Waals surface area (Å²) < 4.78 is 1.40. The molecule has 4 nitrogen and oxygen atoms in total. The Hall–Kier alpha value is -3.05. The van der Waals surface area contributed by atoms with E-state index < -0.39 is 0 Å². The number of carbonyl (C=O) groups excluding carboxylic acids is 1. The smallest absolute Gasteiger partial charge is 0.263 e. The highest BCUT2D eigenvalue weighted by Gasteiger charge is 2.15. The minimum Gasteiger partial charge on any atom is -0.292 e. The Bertz CT molecular complexity index is 1160. The van der Waals surface area contributed by atoms with Crippen molar-refractivity contribution in [2.75, 3.05) is 0 Å². The van der Waals surface area contributed by atoms with Crippen LogP contribution in [0, 0.1) is 0 Å². The predicted molar refractivity (Wildman–Crippen MR) is 109 cm³/mol. The van der Waals surface area contributed by atoms with Crippen LogP contribution in [0.3, 0.4) is 0 Å². The molecule has 0 aliphatic rings. The van der Waals surface area contributed by atoms with Crippen molar-refractivity contribution < 1.29 is 4.79 Å². The summed E-state index contributed by atoms with van der Waals surface area (Å²) in [6.45, 7) is 2.09. The van der Waals surface area contributed by atoms with Crippen LogP contribution in [0.1, 0.15) is 22.8 Å². The van der Waals surface area contributed by atoms with Gasteiger partial charge in [0.05, 0.1) is 18.3 Å². The topological polar surface area (TPSA) is 52.0 Å². The predicted octanol–water partition coefficient (Wildman–Crippen LogP) is 4.57. The van der Waals surface area contributed by atoms with Crippen LogP contribution >= 0.6 is 11.3 Å². The lowest BCUT2D eigenvalue weighted by atomic mass is 10.0. The number of nitrogens with zero attached hydrogens (tertiary/aromatic N) is 2. The molecule has 0 bridgehead atoms. The largest absolute Gasteiger partial charge is 0.292 e. The maximum atomic E-state index is 13.1. The third-order valence-electron chi connectivity index (χ3n) is 4.64. The second-order valence-electron chi connectivity index (χ2n) is 6.35. The molecule has 2 aromatic heterocycles. The Labute approximate surface area is 160 Å². The number of Topliss-reactive ketones (excluding diaryl/α,β-unsaturated/α-hetero) is 1. The molecule has 0 saturated heterocycles. The van der Waals surface area contributed by atoms with Gasteiger partial charge in [-0.2, -0.15) is 0 Å². The quantitative estimate of drug-likeness (QED) is 0.481. The number of ketones is 1. The van der Waals surface area contributed by atoms with Gasteiger partial charge in [-0.25, -0.2) is 4.98 Å². The fourth-order valence-corrected chi connectivity index (χ4v) is 3.99. The van der Waals surface area contributed by atoms with Crippen LogP contribution in [0.15, 0.2) is 71.1 Å². The number of carbonyl (C=O) groups is 1. The van der Waals surface area contributed by atoms with Crippen LogP contribution in [0.5, 0.6) is 0 Å². The molecule has 0 spiro atoms. The van der Waals surface area contributed by atoms with E-state index in [2.05, 4.69) is 24.0 Å². The van der Waals surface area contributed by atoms with Gasteiger partial charge in [0.15, 0.2) is 5.78 Å². The summed E-state index contributed by atoms with van der Waals surface area (Å²) in [6, 6.07) is 17.2. The zero-order valence-electron chi connectivity index (χ0n) is 14.9. The monoisotopic (exact) mass is 374 g/mol. The lowest BCUT2D eigenvalue weighted by Crippen LogP contribution is -2.24. The summed E-state index contributed by atoms with van der Waals surface area (Å²) in [5, 5.41) is 2.54. The first kappa shape index (κ1) is 17.4. The molecule has 2 aromatic carbocycles. The molecular weight excluding hydrogens is 356 g/mol. The third kappa shape index (κ3) is 3.34. The number of fused-ring (bicyclic) bond motifs is 1. The van der Waals surface area contributed by atoms with Gasteiger partial charge in [-0.15, -0.1) is 11.3 Å². The van der Waals surface area contributed by atoms with E-state index in [4.69, 9.17) is 0 Å². The summed E-state index contributed by atoms with van der Waals surface area (Å²) >= 11 is 1.45. The number of benzene rings is 2. The second kappa shape index (κ2) is 7.29. The zero-order chi connectivity index (χ0) is 18.8. The number of aromatic nitrogens is 2. The van der Waals surface area contributed by atoms with Crippen molar-refractivity contribution in [3.63, 3.8) is 0 Å². The molecule has 0 radical (unpaired) electrons. The Morgan fingerprint density at radius 3 is 2.52 bits per heavy atom. The lowest BCUT2D eigenvalue weighted by Gasteiger charge is -2.06. The van der Waals surface area contributed by atoms with E-state index in [1.165, 1.54) is 27.8 Å². The Balaban J connectivity index is 1.75. The van der Waals surface area contributed by atoms with Crippen molar-refractivity contribution in [1.29, 1.82) is 0 Å². The molecule has 0 unspecified atom stereocenters. The molecular formula is C22H18N2O2S. The van der Waals surface area contributed by atoms with Gasteiger partial charge in [-0.05, 0) is 17.5 Å². The molecule has 0 saturated carbocycles. The van der Waals surface area contributed by atoms with Crippen LogP contribution in [-0.4, -0.2) is 15.3 Å². The van der Waals surface area contributed by atoms with E-state index in [9.17, 15) is 9.59 Å². The minimum atomic E-state index is -0.180. The SMILES string of the molecule is CCc1ccc(-c2csc3ncn(CC(=O)c4ccccc4)c(=O)c23)cc1. The molecule has 134 valence electrons. The molecule has 0 amide bonds. The lowest BCUT2D eigenvalue weighted by molar-refractivity contribution is 0.0970. The first-order valence-corrected chi connectivity index (χ1v) is 9.69. The van der Waals surface area contributed by atoms with Gasteiger partial charge >= 0.3 is 0 Å². The summed E-state index contributed by atoms with van der Waals surface area (Å²) in [6.07, 6.45) is 2.44. The number of hydrogen-bond donors (Lipinski definition) is 0. The molecule has 4 rings (SSSR count). The van der Waals surface area contributed by atoms with Gasteiger partial charge < -0.3 is 0 Å². The molecule has 0 aliphatic heterocycles. The molecule has 2 heterocycles. The van der Waals surface area contributed by atoms with Gasteiger partial charge in [-0.3, -0.25) is 14.2 Å². The van der Waals surface area contributed by atoms with Crippen molar-refractivity contribution in [2.24, 2.45) is 0 Å². The van der Waals surface area contributed by atoms with Gasteiger partial charge in [0.2, 0.25) is 0 Å². The second-order valence-corrected chi connectivity index (χ2v) is 7.20. The normalized spacial score (nSPS) is 11.0. The molecule has 27 heavy (non-hydrogen) atoms. The fourth-order valence-electron chi connectivity index (χ4n) is 3.08. The van der Waals surface area contributed by atoms with E-state index in [0.717, 1.165) is 17.5 Å². The van der Waals surface area contributed by atoms with Gasteiger partial charge in [-0.1, -0.05) is 61.5 Å². The molecule has 0 N–H and O–H groups in total. The van der Waals surface area contributed by atoms with Crippen LogP contribution in [0.2, 0.25) is 0 Å². The van der Waals surface area contributed by atoms with Crippen LogP contribution in [-0.2, 0) is 13.0 Å². The maximum Gasteiger partial charge on any atom is 0.263 e. The van der Waals surface area contributed by atoms with E-state index in [0.29, 0.717) is 15.8 Å². The first-order chi connectivity index (χ1) is 13.2. The van der Waals surface area contributed by atoms with E-state index in [1.54, 1.807) is 12.1 Å². The number of hydrogen-bond acceptors (Lipinski definition) is 4.